The van der Waals surface area contributed by atoms with Gasteiger partial charge in [0.2, 0.25) is 11.8 Å². The molecule has 1 atom stereocenters. The molecular weight excluding hydrogens is 458 g/mol. The van der Waals surface area contributed by atoms with Crippen LogP contribution in [0.5, 0.6) is 0 Å². The molecular formula is C21H22ClN3O4S2. The first-order chi connectivity index (χ1) is 14.8. The zero-order chi connectivity index (χ0) is 22.0. The number of thioether (sulfide) groups is 1. The molecule has 0 saturated carbocycles. The molecule has 7 nitrogen and oxygen atoms in total. The van der Waals surface area contributed by atoms with Crippen molar-refractivity contribution >= 4 is 56.6 Å². The van der Waals surface area contributed by atoms with E-state index in [1.165, 1.54) is 30.0 Å². The first kappa shape index (κ1) is 22.0. The van der Waals surface area contributed by atoms with Gasteiger partial charge in [-0.05, 0) is 49.2 Å². The number of halogens is 1. The number of hydrogen-bond acceptors (Lipinski definition) is 5. The molecule has 1 saturated heterocycles. The second-order valence-corrected chi connectivity index (χ2v) is 10.7. The molecule has 1 unspecified atom stereocenters. The highest BCUT2D eigenvalue weighted by Gasteiger charge is 2.30. The number of benzene rings is 2. The Morgan fingerprint density at radius 2 is 1.97 bits per heavy atom. The predicted octanol–water partition coefficient (Wildman–Crippen LogP) is 3.81. The van der Waals surface area contributed by atoms with E-state index in [1.807, 2.05) is 4.90 Å². The van der Waals surface area contributed by atoms with Gasteiger partial charge in [0.05, 0.1) is 22.2 Å². The maximum atomic E-state index is 12.8. The first-order valence-corrected chi connectivity index (χ1v) is 12.8. The van der Waals surface area contributed by atoms with Gasteiger partial charge in [0.1, 0.15) is 0 Å². The minimum Gasteiger partial charge on any atom is -0.343 e. The summed E-state index contributed by atoms with van der Waals surface area (Å²) in [5.74, 6) is -0.268. The van der Waals surface area contributed by atoms with E-state index >= 15 is 0 Å². The van der Waals surface area contributed by atoms with Gasteiger partial charge in [0, 0.05) is 35.2 Å². The van der Waals surface area contributed by atoms with Crippen molar-refractivity contribution in [3.63, 3.8) is 0 Å². The normalized spacial score (nSPS) is 18.8. The summed E-state index contributed by atoms with van der Waals surface area (Å²) in [5, 5.41) is 3.23. The summed E-state index contributed by atoms with van der Waals surface area (Å²) in [5.41, 5.74) is 0.779. The second-order valence-electron chi connectivity index (χ2n) is 7.56. The topological polar surface area (TPSA) is 95.6 Å². The molecule has 0 aromatic heterocycles. The second kappa shape index (κ2) is 9.10. The van der Waals surface area contributed by atoms with Crippen molar-refractivity contribution in [1.29, 1.82) is 0 Å². The van der Waals surface area contributed by atoms with Crippen LogP contribution in [0, 0.1) is 5.92 Å². The molecule has 10 heteroatoms. The lowest BCUT2D eigenvalue weighted by molar-refractivity contribution is -0.133. The van der Waals surface area contributed by atoms with Crippen molar-refractivity contribution in [2.75, 3.05) is 28.9 Å². The summed E-state index contributed by atoms with van der Waals surface area (Å²) in [6.07, 6.45) is 2.17. The Labute approximate surface area is 190 Å². The largest absolute Gasteiger partial charge is 0.343 e. The van der Waals surface area contributed by atoms with Gasteiger partial charge in [-0.15, -0.1) is 11.8 Å². The number of fused-ring (bicyclic) bond motifs is 1. The number of likely N-dealkylation sites (tertiary alicyclic amines) is 1. The maximum absolute atomic E-state index is 12.8. The highest BCUT2D eigenvalue weighted by atomic mass is 35.5. The maximum Gasteiger partial charge on any atom is 0.261 e. The number of nitrogens with zero attached hydrogens (tertiary/aromatic N) is 1. The Morgan fingerprint density at radius 1 is 1.19 bits per heavy atom. The molecule has 2 aliphatic rings. The summed E-state index contributed by atoms with van der Waals surface area (Å²) in [6.45, 7) is 1.50. The van der Waals surface area contributed by atoms with Gasteiger partial charge in [0.25, 0.3) is 10.0 Å². The van der Waals surface area contributed by atoms with Crippen molar-refractivity contribution < 1.29 is 18.0 Å². The third kappa shape index (κ3) is 5.16. The van der Waals surface area contributed by atoms with Gasteiger partial charge in [-0.2, -0.15) is 0 Å². The average Bonchev–Trinajstić information content (AvgIpc) is 3.21. The number of hydrogen-bond donors (Lipinski definition) is 2. The van der Waals surface area contributed by atoms with Crippen LogP contribution in [0.15, 0.2) is 52.3 Å². The fourth-order valence-electron chi connectivity index (χ4n) is 3.62. The Hall–Kier alpha value is -2.23. The van der Waals surface area contributed by atoms with E-state index in [4.69, 9.17) is 11.6 Å². The summed E-state index contributed by atoms with van der Waals surface area (Å²) in [4.78, 5) is 27.8. The molecule has 0 radical (unpaired) electrons. The lowest BCUT2D eigenvalue weighted by Crippen LogP contribution is -2.33. The third-order valence-corrected chi connectivity index (χ3v) is 8.14. The summed E-state index contributed by atoms with van der Waals surface area (Å²) >= 11 is 7.37. The molecule has 2 amide bonds. The Morgan fingerprint density at radius 3 is 2.71 bits per heavy atom. The molecule has 2 aromatic carbocycles. The number of anilines is 2. The smallest absolute Gasteiger partial charge is 0.261 e. The SMILES string of the molecule is O=C1Nc2cc(S(=O)(=O)Nc3cccc(Cl)c3)ccc2SCC1CC(=O)N1CCCC1. The van der Waals surface area contributed by atoms with Crippen molar-refractivity contribution in [1.82, 2.24) is 4.90 Å². The molecule has 0 bridgehead atoms. The zero-order valence-electron chi connectivity index (χ0n) is 16.6. The van der Waals surface area contributed by atoms with Crippen molar-refractivity contribution in [3.05, 3.63) is 47.5 Å². The van der Waals surface area contributed by atoms with Crippen LogP contribution in [0.2, 0.25) is 5.02 Å². The molecule has 164 valence electrons. The third-order valence-electron chi connectivity index (χ3n) is 5.29. The molecule has 1 fully saturated rings. The van der Waals surface area contributed by atoms with Crippen LogP contribution in [0.3, 0.4) is 0 Å². The van der Waals surface area contributed by atoms with E-state index in [2.05, 4.69) is 10.0 Å². The van der Waals surface area contributed by atoms with Crippen molar-refractivity contribution in [2.24, 2.45) is 5.92 Å². The van der Waals surface area contributed by atoms with E-state index in [0.29, 0.717) is 22.2 Å². The molecule has 4 rings (SSSR count). The van der Waals surface area contributed by atoms with Crippen molar-refractivity contribution in [2.45, 2.75) is 29.1 Å². The molecule has 2 aromatic rings. The van der Waals surface area contributed by atoms with Crippen LogP contribution in [-0.2, 0) is 19.6 Å². The van der Waals surface area contributed by atoms with Crippen LogP contribution < -0.4 is 10.0 Å². The van der Waals surface area contributed by atoms with E-state index in [0.717, 1.165) is 30.8 Å². The van der Waals surface area contributed by atoms with E-state index < -0.39 is 15.9 Å². The van der Waals surface area contributed by atoms with E-state index in [1.54, 1.807) is 24.3 Å². The fourth-order valence-corrected chi connectivity index (χ4v) is 5.97. The first-order valence-electron chi connectivity index (χ1n) is 9.96. The van der Waals surface area contributed by atoms with Crippen LogP contribution in [0.25, 0.3) is 0 Å². The number of carbonyl (C=O) groups is 2. The average molecular weight is 480 g/mol. The monoisotopic (exact) mass is 479 g/mol. The Kier molecular flexibility index (Phi) is 6.45. The number of carbonyl (C=O) groups excluding carboxylic acids is 2. The fraction of sp³-hybridized carbons (Fsp3) is 0.333. The number of amides is 2. The van der Waals surface area contributed by atoms with Gasteiger partial charge in [-0.25, -0.2) is 8.42 Å². The van der Waals surface area contributed by atoms with Gasteiger partial charge < -0.3 is 10.2 Å². The summed E-state index contributed by atoms with van der Waals surface area (Å²) < 4.78 is 28.1. The molecule has 2 heterocycles. The Bertz CT molecular complexity index is 1120. The van der Waals surface area contributed by atoms with Gasteiger partial charge >= 0.3 is 0 Å². The lowest BCUT2D eigenvalue weighted by Gasteiger charge is -2.18. The quantitative estimate of drug-likeness (QED) is 0.679. The lowest BCUT2D eigenvalue weighted by atomic mass is 10.1. The molecule has 2 N–H and O–H groups in total. The Balaban J connectivity index is 1.49. The minimum atomic E-state index is -3.87. The molecule has 2 aliphatic heterocycles. The molecule has 31 heavy (non-hydrogen) atoms. The number of nitrogens with one attached hydrogen (secondary N) is 2. The summed E-state index contributed by atoms with van der Waals surface area (Å²) in [7, 11) is -3.87. The minimum absolute atomic E-state index is 0.00167. The van der Waals surface area contributed by atoms with Crippen molar-refractivity contribution in [3.8, 4) is 0 Å². The highest BCUT2D eigenvalue weighted by Crippen LogP contribution is 2.35. The molecule has 0 aliphatic carbocycles. The van der Waals surface area contributed by atoms with E-state index in [-0.39, 0.29) is 23.1 Å². The highest BCUT2D eigenvalue weighted by molar-refractivity contribution is 7.99. The summed E-state index contributed by atoms with van der Waals surface area (Å²) in [6, 6.07) is 11.0. The van der Waals surface area contributed by atoms with Crippen LogP contribution in [0.4, 0.5) is 11.4 Å². The number of sulfonamides is 1. The zero-order valence-corrected chi connectivity index (χ0v) is 19.0. The number of rotatable bonds is 5. The van der Waals surface area contributed by atoms with Gasteiger partial charge in [-0.1, -0.05) is 17.7 Å². The van der Waals surface area contributed by atoms with Crippen LogP contribution in [0.1, 0.15) is 19.3 Å². The van der Waals surface area contributed by atoms with E-state index in [9.17, 15) is 18.0 Å². The van der Waals surface area contributed by atoms with Crippen LogP contribution in [-0.4, -0.2) is 44.0 Å². The van der Waals surface area contributed by atoms with Crippen LogP contribution >= 0.6 is 23.4 Å². The van der Waals surface area contributed by atoms with Gasteiger partial charge in [-0.3, -0.25) is 14.3 Å². The molecule has 0 spiro atoms. The van der Waals surface area contributed by atoms with Gasteiger partial charge in [0.15, 0.2) is 0 Å². The standard InChI is InChI=1S/C21H22ClN3O4S2/c22-15-4-3-5-16(11-15)24-31(28,29)17-6-7-19-18(12-17)23-21(27)14(13-30-19)10-20(26)25-8-1-2-9-25/h3-7,11-12,14,24H,1-2,8-10,13H2,(H,23,27). The predicted molar refractivity (Wildman–Crippen MR) is 122 cm³/mol.